The van der Waals surface area contributed by atoms with E-state index >= 15 is 0 Å². The van der Waals surface area contributed by atoms with Crippen molar-refractivity contribution >= 4 is 17.8 Å². The molecule has 3 aliphatic rings. The van der Waals surface area contributed by atoms with Gasteiger partial charge in [0.05, 0.1) is 17.5 Å². The van der Waals surface area contributed by atoms with Gasteiger partial charge in [-0.1, -0.05) is 12.1 Å². The highest BCUT2D eigenvalue weighted by Gasteiger charge is 2.59. The van der Waals surface area contributed by atoms with Crippen LogP contribution in [0.2, 0.25) is 0 Å². The molecule has 3 amide bonds. The van der Waals surface area contributed by atoms with Crippen LogP contribution in [0.25, 0.3) is 0 Å². The number of benzene rings is 2. The number of pyridine rings is 1. The third-order valence-corrected chi connectivity index (χ3v) is 6.66. The largest absolute Gasteiger partial charge is 0.487 e. The zero-order valence-corrected chi connectivity index (χ0v) is 19.3. The van der Waals surface area contributed by atoms with E-state index in [1.165, 1.54) is 12.1 Å². The second-order valence-corrected chi connectivity index (χ2v) is 9.15. The number of hydrogen-bond acceptors (Lipinski definition) is 5. The van der Waals surface area contributed by atoms with Crippen LogP contribution < -0.4 is 25.4 Å². The maximum absolute atomic E-state index is 12.9. The molecule has 3 aromatic rings. The van der Waals surface area contributed by atoms with Crippen LogP contribution >= 0.6 is 0 Å². The number of anilines is 1. The Hall–Kier alpha value is -4.28. The smallest absolute Gasteiger partial charge is 0.416 e. The Bertz CT molecular complexity index is 1410. The quantitative estimate of drug-likeness (QED) is 0.469. The number of alkyl halides is 3. The minimum atomic E-state index is -4.44. The molecular formula is C26H21F3N4O4. The lowest BCUT2D eigenvalue weighted by atomic mass is 10.1. The molecular weight excluding hydrogens is 489 g/mol. The Morgan fingerprint density at radius 1 is 1.16 bits per heavy atom. The minimum absolute atomic E-state index is 0.0378. The maximum atomic E-state index is 12.9. The number of hydrogen-bond donors (Lipinski definition) is 3. The molecule has 0 saturated heterocycles. The molecule has 0 bridgehead atoms. The summed E-state index contributed by atoms with van der Waals surface area (Å²) in [4.78, 5) is 28.3. The van der Waals surface area contributed by atoms with Gasteiger partial charge in [0.15, 0.2) is 0 Å². The molecule has 2 aliphatic heterocycles. The number of urea groups is 1. The van der Waals surface area contributed by atoms with Crippen LogP contribution in [-0.4, -0.2) is 29.1 Å². The third kappa shape index (κ3) is 4.52. The SMILES string of the molecule is O=C1CCc2c(Oc3ccc4c(c3)[C@H]3C(NC(=O)NCc5cccc(C(F)(F)F)c5)[C@H]3O4)ccnc2N1. The molecule has 1 fully saturated rings. The van der Waals surface area contributed by atoms with Crippen molar-refractivity contribution < 1.29 is 32.2 Å². The van der Waals surface area contributed by atoms with Gasteiger partial charge in [-0.05, 0) is 48.4 Å². The Morgan fingerprint density at radius 2 is 2.03 bits per heavy atom. The summed E-state index contributed by atoms with van der Waals surface area (Å²) in [7, 11) is 0. The molecule has 8 nitrogen and oxygen atoms in total. The number of carbonyl (C=O) groups is 2. The van der Waals surface area contributed by atoms with E-state index in [4.69, 9.17) is 9.47 Å². The molecule has 1 unspecified atom stereocenters. The van der Waals surface area contributed by atoms with E-state index in [0.717, 1.165) is 23.3 Å². The van der Waals surface area contributed by atoms with E-state index in [1.807, 2.05) is 12.1 Å². The number of aromatic nitrogens is 1. The zero-order chi connectivity index (χ0) is 25.7. The second-order valence-electron chi connectivity index (χ2n) is 9.15. The predicted molar refractivity (Wildman–Crippen MR) is 125 cm³/mol. The molecule has 11 heteroatoms. The summed E-state index contributed by atoms with van der Waals surface area (Å²) in [5.74, 6) is 2.29. The van der Waals surface area contributed by atoms with Gasteiger partial charge >= 0.3 is 12.2 Å². The summed E-state index contributed by atoms with van der Waals surface area (Å²) >= 11 is 0. The summed E-state index contributed by atoms with van der Waals surface area (Å²) < 4.78 is 50.7. The van der Waals surface area contributed by atoms with Crippen molar-refractivity contribution in [1.29, 1.82) is 0 Å². The monoisotopic (exact) mass is 510 g/mol. The van der Waals surface area contributed by atoms with Gasteiger partial charge < -0.3 is 25.4 Å². The standard InChI is InChI=1S/C26H21F3N4O4/c27-26(28,29)14-3-1-2-13(10-14)12-31-25(35)33-22-21-17-11-15(4-6-18(17)37-23(21)22)36-19-8-9-30-24-16(19)5-7-20(34)32-24/h1-4,6,8-11,21-23H,5,7,12H2,(H,30,32,34)(H2,31,33,35)/t21-,22?,23-/m0/s1. The van der Waals surface area contributed by atoms with Crippen LogP contribution in [0.5, 0.6) is 17.2 Å². The highest BCUT2D eigenvalue weighted by Crippen LogP contribution is 2.54. The predicted octanol–water partition coefficient (Wildman–Crippen LogP) is 4.50. The Balaban J connectivity index is 1.09. The van der Waals surface area contributed by atoms with Crippen molar-refractivity contribution in [2.45, 2.75) is 43.6 Å². The van der Waals surface area contributed by atoms with Crippen LogP contribution in [0.15, 0.2) is 54.7 Å². The fourth-order valence-electron chi connectivity index (χ4n) is 4.80. The number of rotatable bonds is 5. The van der Waals surface area contributed by atoms with Gasteiger partial charge in [-0.15, -0.1) is 0 Å². The van der Waals surface area contributed by atoms with Gasteiger partial charge in [-0.3, -0.25) is 4.79 Å². The van der Waals surface area contributed by atoms with Gasteiger partial charge in [0, 0.05) is 30.3 Å². The van der Waals surface area contributed by atoms with Crippen molar-refractivity contribution in [2.24, 2.45) is 0 Å². The van der Waals surface area contributed by atoms with Gasteiger partial charge in [-0.25, -0.2) is 9.78 Å². The molecule has 6 rings (SSSR count). The summed E-state index contributed by atoms with van der Waals surface area (Å²) in [5.41, 5.74) is 1.33. The minimum Gasteiger partial charge on any atom is -0.487 e. The van der Waals surface area contributed by atoms with Gasteiger partial charge in [0.1, 0.15) is 29.2 Å². The highest BCUT2D eigenvalue weighted by atomic mass is 19.4. The molecule has 0 spiro atoms. The first-order valence-electron chi connectivity index (χ1n) is 11.7. The van der Waals surface area contributed by atoms with E-state index in [9.17, 15) is 22.8 Å². The molecule has 1 saturated carbocycles. The Labute approximate surface area is 209 Å². The molecule has 1 aliphatic carbocycles. The van der Waals surface area contributed by atoms with E-state index in [-0.39, 0.29) is 30.5 Å². The summed E-state index contributed by atoms with van der Waals surface area (Å²) in [6.07, 6.45) is -2.19. The summed E-state index contributed by atoms with van der Waals surface area (Å²) in [6.45, 7) is -0.0378. The lowest BCUT2D eigenvalue weighted by Crippen LogP contribution is -2.38. The second kappa shape index (κ2) is 8.68. The van der Waals surface area contributed by atoms with Crippen LogP contribution in [0.4, 0.5) is 23.8 Å². The molecule has 0 radical (unpaired) electrons. The number of amides is 3. The first-order valence-corrected chi connectivity index (χ1v) is 11.7. The molecule has 3 heterocycles. The van der Waals surface area contributed by atoms with Crippen LogP contribution in [0.3, 0.4) is 0 Å². The Morgan fingerprint density at radius 3 is 2.86 bits per heavy atom. The van der Waals surface area contributed by atoms with Crippen molar-refractivity contribution in [3.8, 4) is 17.2 Å². The maximum Gasteiger partial charge on any atom is 0.416 e. The number of ether oxygens (including phenoxy) is 2. The van der Waals surface area contributed by atoms with Gasteiger partial charge in [0.2, 0.25) is 5.91 Å². The average molecular weight is 510 g/mol. The molecule has 37 heavy (non-hydrogen) atoms. The van der Waals surface area contributed by atoms with Crippen molar-refractivity contribution in [3.63, 3.8) is 0 Å². The van der Waals surface area contributed by atoms with E-state index in [1.54, 1.807) is 18.3 Å². The number of carbonyl (C=O) groups excluding carboxylic acids is 2. The zero-order valence-electron chi connectivity index (χ0n) is 19.3. The number of nitrogens with one attached hydrogen (secondary N) is 3. The van der Waals surface area contributed by atoms with E-state index in [2.05, 4.69) is 20.9 Å². The third-order valence-electron chi connectivity index (χ3n) is 6.66. The Kier molecular flexibility index (Phi) is 5.43. The lowest BCUT2D eigenvalue weighted by molar-refractivity contribution is -0.137. The van der Waals surface area contributed by atoms with E-state index < -0.39 is 17.8 Å². The number of nitrogens with zero attached hydrogens (tertiary/aromatic N) is 1. The first kappa shape index (κ1) is 23.1. The van der Waals surface area contributed by atoms with Crippen molar-refractivity contribution in [3.05, 3.63) is 77.0 Å². The van der Waals surface area contributed by atoms with Crippen LogP contribution in [0.1, 0.15) is 34.6 Å². The summed E-state index contributed by atoms with van der Waals surface area (Å²) in [5, 5.41) is 8.19. The highest BCUT2D eigenvalue weighted by molar-refractivity contribution is 5.93. The summed E-state index contributed by atoms with van der Waals surface area (Å²) in [6, 6.07) is 11.3. The fourth-order valence-corrected chi connectivity index (χ4v) is 4.80. The van der Waals surface area contributed by atoms with Gasteiger partial charge in [-0.2, -0.15) is 13.2 Å². The van der Waals surface area contributed by atoms with Crippen LogP contribution in [-0.2, 0) is 23.9 Å². The first-order chi connectivity index (χ1) is 17.8. The van der Waals surface area contributed by atoms with Crippen molar-refractivity contribution in [1.82, 2.24) is 15.6 Å². The van der Waals surface area contributed by atoms with E-state index in [0.29, 0.717) is 41.5 Å². The normalized spacial score (nSPS) is 21.1. The lowest BCUT2D eigenvalue weighted by Gasteiger charge is -2.19. The molecule has 1 aromatic heterocycles. The number of halogens is 3. The van der Waals surface area contributed by atoms with Crippen molar-refractivity contribution in [2.75, 3.05) is 5.32 Å². The topological polar surface area (TPSA) is 102 Å². The molecule has 3 N–H and O–H groups in total. The molecule has 190 valence electrons. The fraction of sp³-hybridized carbons (Fsp3) is 0.269. The van der Waals surface area contributed by atoms with Crippen LogP contribution in [0, 0.1) is 0 Å². The molecule has 3 atom stereocenters. The molecule has 2 aromatic carbocycles. The average Bonchev–Trinajstić information content (AvgIpc) is 3.38. The van der Waals surface area contributed by atoms with Gasteiger partial charge in [0.25, 0.3) is 0 Å². The number of fused-ring (bicyclic) bond motifs is 4.